The summed E-state index contributed by atoms with van der Waals surface area (Å²) in [6.45, 7) is 15.9. The molecule has 0 aliphatic carbocycles. The van der Waals surface area contributed by atoms with Crippen molar-refractivity contribution in [2.24, 2.45) is 5.92 Å². The molecule has 3 atom stereocenters. The van der Waals surface area contributed by atoms with Crippen LogP contribution in [-0.2, 0) is 20.7 Å². The topological polar surface area (TPSA) is 87.7 Å². The first-order valence-electron chi connectivity index (χ1n) is 16.2. The normalized spacial score (nSPS) is 13.5. The summed E-state index contributed by atoms with van der Waals surface area (Å²) in [6, 6.07) is 13.8. The average molecular weight is 594 g/mol. The van der Waals surface area contributed by atoms with Gasteiger partial charge in [-0.15, -0.1) is 0 Å². The van der Waals surface area contributed by atoms with Gasteiger partial charge in [0, 0.05) is 12.2 Å². The zero-order valence-electron chi connectivity index (χ0n) is 27.8. The highest BCUT2D eigenvalue weighted by Gasteiger charge is 2.38. The van der Waals surface area contributed by atoms with E-state index in [-0.39, 0.29) is 17.7 Å². The van der Waals surface area contributed by atoms with E-state index in [1.54, 1.807) is 25.7 Å². The molecule has 2 aromatic rings. The third-order valence-corrected chi connectivity index (χ3v) is 7.85. The molecule has 2 aromatic carbocycles. The van der Waals surface area contributed by atoms with Crippen LogP contribution in [0.3, 0.4) is 0 Å². The molecule has 7 nitrogen and oxygen atoms in total. The average Bonchev–Trinajstić information content (AvgIpc) is 2.96. The first-order valence-corrected chi connectivity index (χ1v) is 16.2. The van der Waals surface area contributed by atoms with Gasteiger partial charge in [0.2, 0.25) is 5.91 Å². The van der Waals surface area contributed by atoms with E-state index in [9.17, 15) is 14.4 Å². The van der Waals surface area contributed by atoms with Crippen LogP contribution >= 0.6 is 0 Å². The molecule has 3 unspecified atom stereocenters. The zero-order valence-corrected chi connectivity index (χ0v) is 27.8. The molecule has 238 valence electrons. The second-order valence-corrected chi connectivity index (χ2v) is 12.6. The van der Waals surface area contributed by atoms with Gasteiger partial charge in [-0.3, -0.25) is 9.59 Å². The molecule has 2 N–H and O–H groups in total. The minimum atomic E-state index is -0.874. The molecular weight excluding hydrogens is 538 g/mol. The van der Waals surface area contributed by atoms with Crippen molar-refractivity contribution >= 4 is 23.6 Å². The molecular formula is C36H55N3O4. The Bertz CT molecular complexity index is 1160. The van der Waals surface area contributed by atoms with Crippen molar-refractivity contribution in [3.05, 3.63) is 65.2 Å². The van der Waals surface area contributed by atoms with E-state index in [1.807, 2.05) is 69.3 Å². The van der Waals surface area contributed by atoms with Crippen LogP contribution in [0.5, 0.6) is 0 Å². The molecule has 0 bridgehead atoms. The number of amides is 3. The van der Waals surface area contributed by atoms with E-state index >= 15 is 0 Å². The van der Waals surface area contributed by atoms with Gasteiger partial charge in [-0.25, -0.2) is 4.79 Å². The van der Waals surface area contributed by atoms with E-state index in [4.69, 9.17) is 4.74 Å². The van der Waals surface area contributed by atoms with E-state index in [2.05, 4.69) is 24.5 Å². The summed E-state index contributed by atoms with van der Waals surface area (Å²) in [4.78, 5) is 43.3. The summed E-state index contributed by atoms with van der Waals surface area (Å²) in [5, 5.41) is 5.96. The predicted molar refractivity (Wildman–Crippen MR) is 176 cm³/mol. The minimum absolute atomic E-state index is 0.172. The van der Waals surface area contributed by atoms with Crippen molar-refractivity contribution in [2.45, 2.75) is 124 Å². The first kappa shape index (κ1) is 35.8. The number of rotatable bonds is 16. The van der Waals surface area contributed by atoms with Gasteiger partial charge in [0.05, 0.1) is 0 Å². The summed E-state index contributed by atoms with van der Waals surface area (Å²) in [5.41, 5.74) is 2.83. The number of carbonyl (C=O) groups is 3. The summed E-state index contributed by atoms with van der Waals surface area (Å²) in [5.74, 6) is -0.731. The van der Waals surface area contributed by atoms with Gasteiger partial charge in [0.1, 0.15) is 17.7 Å². The van der Waals surface area contributed by atoms with Gasteiger partial charge in [-0.1, -0.05) is 109 Å². The van der Waals surface area contributed by atoms with Crippen molar-refractivity contribution in [2.75, 3.05) is 11.9 Å². The van der Waals surface area contributed by atoms with Crippen molar-refractivity contribution < 1.29 is 19.1 Å². The molecule has 7 heteroatoms. The van der Waals surface area contributed by atoms with E-state index < -0.39 is 23.8 Å². The highest BCUT2D eigenvalue weighted by Crippen LogP contribution is 2.28. The van der Waals surface area contributed by atoms with Crippen LogP contribution in [0.2, 0.25) is 0 Å². The molecule has 2 rings (SSSR count). The Morgan fingerprint density at radius 2 is 1.51 bits per heavy atom. The number of anilines is 1. The van der Waals surface area contributed by atoms with Gasteiger partial charge in [0.15, 0.2) is 0 Å². The smallest absolute Gasteiger partial charge is 0.408 e. The Morgan fingerprint density at radius 3 is 2.09 bits per heavy atom. The number of ether oxygens (including phenoxy) is 1. The van der Waals surface area contributed by atoms with Gasteiger partial charge >= 0.3 is 6.09 Å². The lowest BCUT2D eigenvalue weighted by Crippen LogP contribution is -2.55. The number of carbonyl (C=O) groups excluding carboxylic acids is 3. The van der Waals surface area contributed by atoms with Gasteiger partial charge in [-0.2, -0.15) is 0 Å². The predicted octanol–water partition coefficient (Wildman–Crippen LogP) is 8.37. The van der Waals surface area contributed by atoms with Crippen LogP contribution in [0, 0.1) is 12.8 Å². The Balaban J connectivity index is 2.55. The van der Waals surface area contributed by atoms with Gasteiger partial charge in [-0.05, 0) is 69.2 Å². The number of nitrogens with one attached hydrogen (secondary N) is 2. The standard InChI is InChI=1S/C36H55N3O4/c1-9-12-13-14-15-18-25-39(34(41)31(26(4)10-2)38-35(42)43-36(6,7)8)32(29-23-21-28(11-3)22-24-29)33(40)37-30-20-17-16-19-27(30)5/h16-17,19-24,26,31-32H,9-15,18,25H2,1-8H3,(H,37,40)(H,38,42). The highest BCUT2D eigenvalue weighted by molar-refractivity contribution is 5.99. The fraction of sp³-hybridized carbons (Fsp3) is 0.583. The van der Waals surface area contributed by atoms with Crippen LogP contribution in [-0.4, -0.2) is 41.0 Å². The molecule has 0 heterocycles. The first-order chi connectivity index (χ1) is 20.4. The van der Waals surface area contributed by atoms with E-state index in [0.717, 1.165) is 55.2 Å². The number of benzene rings is 2. The highest BCUT2D eigenvalue weighted by atomic mass is 16.6. The molecule has 0 aliphatic rings. The number of hydrogen-bond acceptors (Lipinski definition) is 4. The number of nitrogens with zero attached hydrogens (tertiary/aromatic N) is 1. The molecule has 0 aromatic heterocycles. The minimum Gasteiger partial charge on any atom is -0.444 e. The molecule has 0 radical (unpaired) electrons. The van der Waals surface area contributed by atoms with Crippen molar-refractivity contribution in [1.82, 2.24) is 10.2 Å². The summed E-state index contributed by atoms with van der Waals surface area (Å²) in [7, 11) is 0. The number of hydrogen-bond donors (Lipinski definition) is 2. The third-order valence-electron chi connectivity index (χ3n) is 7.85. The Labute approximate surface area is 260 Å². The van der Waals surface area contributed by atoms with Crippen LogP contribution in [0.15, 0.2) is 48.5 Å². The van der Waals surface area contributed by atoms with Crippen molar-refractivity contribution in [3.8, 4) is 0 Å². The second kappa shape index (κ2) is 17.7. The lowest BCUT2D eigenvalue weighted by atomic mass is 9.95. The number of aryl methyl sites for hydroxylation is 2. The lowest BCUT2D eigenvalue weighted by Gasteiger charge is -2.36. The van der Waals surface area contributed by atoms with Crippen molar-refractivity contribution in [1.29, 1.82) is 0 Å². The molecule has 0 saturated carbocycles. The Hall–Kier alpha value is -3.35. The summed E-state index contributed by atoms with van der Waals surface area (Å²) < 4.78 is 5.54. The maximum atomic E-state index is 14.5. The fourth-order valence-corrected chi connectivity index (χ4v) is 5.05. The third kappa shape index (κ3) is 11.7. The van der Waals surface area contributed by atoms with Crippen molar-refractivity contribution in [3.63, 3.8) is 0 Å². The fourth-order valence-electron chi connectivity index (χ4n) is 5.05. The SMILES string of the molecule is CCCCCCCCN(C(=O)C(NC(=O)OC(C)(C)C)C(C)CC)C(C(=O)Nc1ccccc1C)c1ccc(CC)cc1. The van der Waals surface area contributed by atoms with E-state index in [0.29, 0.717) is 18.7 Å². The van der Waals surface area contributed by atoms with Gasteiger partial charge in [0.25, 0.3) is 5.91 Å². The molecule has 0 saturated heterocycles. The van der Waals surface area contributed by atoms with E-state index in [1.165, 1.54) is 6.42 Å². The number of unbranched alkanes of at least 4 members (excludes halogenated alkanes) is 5. The van der Waals surface area contributed by atoms with Crippen LogP contribution in [0.1, 0.15) is 116 Å². The Kier molecular flexibility index (Phi) is 14.7. The molecule has 43 heavy (non-hydrogen) atoms. The second-order valence-electron chi connectivity index (χ2n) is 12.6. The molecule has 0 spiro atoms. The lowest BCUT2D eigenvalue weighted by molar-refractivity contribution is -0.142. The van der Waals surface area contributed by atoms with Gasteiger partial charge < -0.3 is 20.3 Å². The largest absolute Gasteiger partial charge is 0.444 e. The molecule has 0 aliphatic heterocycles. The van der Waals surface area contributed by atoms with Crippen LogP contribution in [0.25, 0.3) is 0 Å². The number of para-hydroxylation sites is 1. The maximum absolute atomic E-state index is 14.5. The molecule has 3 amide bonds. The summed E-state index contributed by atoms with van der Waals surface area (Å²) in [6.07, 6.45) is 7.19. The monoisotopic (exact) mass is 593 g/mol. The molecule has 0 fully saturated rings. The number of alkyl carbamates (subject to hydrolysis) is 1. The van der Waals surface area contributed by atoms with Crippen LogP contribution < -0.4 is 10.6 Å². The summed E-state index contributed by atoms with van der Waals surface area (Å²) >= 11 is 0. The van der Waals surface area contributed by atoms with Crippen LogP contribution in [0.4, 0.5) is 10.5 Å². The quantitative estimate of drug-likeness (QED) is 0.191. The zero-order chi connectivity index (χ0) is 32.0. The Morgan fingerprint density at radius 1 is 0.884 bits per heavy atom. The maximum Gasteiger partial charge on any atom is 0.408 e.